The summed E-state index contributed by atoms with van der Waals surface area (Å²) in [5.74, 6) is 0. The van der Waals surface area contributed by atoms with Gasteiger partial charge in [0.05, 0.1) is 12.1 Å². The summed E-state index contributed by atoms with van der Waals surface area (Å²) in [6, 6.07) is -0.198. The lowest BCUT2D eigenvalue weighted by Crippen LogP contribution is -2.52. The molecule has 17 heavy (non-hydrogen) atoms. The molecule has 1 rings (SSSR count). The Morgan fingerprint density at radius 2 is 2.24 bits per heavy atom. The summed E-state index contributed by atoms with van der Waals surface area (Å²) >= 11 is 0. The van der Waals surface area contributed by atoms with Crippen LogP contribution < -0.4 is 0 Å². The number of carbonyl (C=O) groups is 1. The second-order valence-corrected chi connectivity index (χ2v) is 5.48. The fourth-order valence-electron chi connectivity index (χ4n) is 2.04. The summed E-state index contributed by atoms with van der Waals surface area (Å²) in [7, 11) is 0. The first-order valence-electron chi connectivity index (χ1n) is 6.13. The van der Waals surface area contributed by atoms with Gasteiger partial charge in [-0.15, -0.1) is 6.58 Å². The van der Waals surface area contributed by atoms with Gasteiger partial charge in [0.2, 0.25) is 0 Å². The minimum absolute atomic E-state index is 0.198. The summed E-state index contributed by atoms with van der Waals surface area (Å²) < 4.78 is 5.34. The van der Waals surface area contributed by atoms with E-state index in [1.165, 1.54) is 0 Å². The molecule has 0 aromatic heterocycles. The van der Waals surface area contributed by atoms with E-state index in [0.29, 0.717) is 13.0 Å². The first-order chi connectivity index (χ1) is 7.85. The minimum atomic E-state index is -0.502. The third-order valence-corrected chi connectivity index (χ3v) is 2.78. The van der Waals surface area contributed by atoms with Crippen LogP contribution in [-0.2, 0) is 4.74 Å². The number of piperidine rings is 1. The maximum absolute atomic E-state index is 12.0. The number of nitrogens with zero attached hydrogens (tertiary/aromatic N) is 1. The number of ether oxygens (including phenoxy) is 1. The molecule has 1 fully saturated rings. The maximum Gasteiger partial charge on any atom is 0.410 e. The minimum Gasteiger partial charge on any atom is -0.444 e. The van der Waals surface area contributed by atoms with Gasteiger partial charge in [0.15, 0.2) is 0 Å². The fraction of sp³-hybridized carbons (Fsp3) is 0.769. The first kappa shape index (κ1) is 14.0. The summed E-state index contributed by atoms with van der Waals surface area (Å²) in [5.41, 5.74) is -0.502. The Labute approximate surface area is 103 Å². The topological polar surface area (TPSA) is 49.8 Å². The molecule has 2 atom stereocenters. The molecule has 0 aromatic rings. The number of likely N-dealkylation sites (tertiary alicyclic amines) is 1. The molecule has 0 saturated carbocycles. The average Bonchev–Trinajstić information content (AvgIpc) is 2.18. The molecule has 1 aliphatic heterocycles. The highest BCUT2D eigenvalue weighted by Crippen LogP contribution is 2.23. The normalized spacial score (nSPS) is 25.5. The van der Waals surface area contributed by atoms with Gasteiger partial charge < -0.3 is 14.7 Å². The molecule has 1 saturated heterocycles. The number of hydrogen-bond donors (Lipinski definition) is 1. The molecule has 98 valence electrons. The van der Waals surface area contributed by atoms with Crippen LogP contribution in [0.25, 0.3) is 0 Å². The van der Waals surface area contributed by atoms with Gasteiger partial charge in [-0.05, 0) is 40.0 Å². The van der Waals surface area contributed by atoms with Crippen LogP contribution in [0.4, 0.5) is 4.79 Å². The lowest BCUT2D eigenvalue weighted by atomic mass is 9.96. The van der Waals surface area contributed by atoms with Crippen LogP contribution in [0.2, 0.25) is 0 Å². The third kappa shape index (κ3) is 4.04. The predicted octanol–water partition coefficient (Wildman–Crippen LogP) is 2.32. The van der Waals surface area contributed by atoms with Gasteiger partial charge in [-0.1, -0.05) is 6.08 Å². The van der Waals surface area contributed by atoms with Crippen molar-refractivity contribution in [3.05, 3.63) is 12.7 Å². The Kier molecular flexibility index (Phi) is 4.57. The number of carbonyl (C=O) groups excluding carboxylic acids is 1. The van der Waals surface area contributed by atoms with Crippen LogP contribution >= 0.6 is 0 Å². The lowest BCUT2D eigenvalue weighted by Gasteiger charge is -2.39. The van der Waals surface area contributed by atoms with E-state index < -0.39 is 11.7 Å². The van der Waals surface area contributed by atoms with E-state index >= 15 is 0 Å². The molecular weight excluding hydrogens is 218 g/mol. The number of amides is 1. The van der Waals surface area contributed by atoms with Crippen molar-refractivity contribution in [3.8, 4) is 0 Å². The molecule has 1 N–H and O–H groups in total. The van der Waals surface area contributed by atoms with Crippen LogP contribution in [0.5, 0.6) is 0 Å². The number of aliphatic hydroxyl groups excluding tert-OH is 1. The van der Waals surface area contributed by atoms with Gasteiger partial charge in [-0.25, -0.2) is 4.79 Å². The molecule has 0 unspecified atom stereocenters. The number of hydrogen-bond acceptors (Lipinski definition) is 3. The van der Waals surface area contributed by atoms with Gasteiger partial charge in [0.1, 0.15) is 5.60 Å². The van der Waals surface area contributed by atoms with Crippen molar-refractivity contribution in [2.75, 3.05) is 6.54 Å². The third-order valence-electron chi connectivity index (χ3n) is 2.78. The lowest BCUT2D eigenvalue weighted by molar-refractivity contribution is -0.0220. The van der Waals surface area contributed by atoms with E-state index in [2.05, 4.69) is 6.58 Å². The summed E-state index contributed by atoms with van der Waals surface area (Å²) in [6.07, 6.45) is 3.06. The van der Waals surface area contributed by atoms with Gasteiger partial charge in [0.25, 0.3) is 0 Å². The molecule has 1 amide bonds. The molecule has 1 aliphatic rings. The smallest absolute Gasteiger partial charge is 0.410 e. The van der Waals surface area contributed by atoms with Crippen molar-refractivity contribution in [2.24, 2.45) is 0 Å². The van der Waals surface area contributed by atoms with Crippen LogP contribution in [0.1, 0.15) is 40.0 Å². The molecule has 1 heterocycles. The first-order valence-corrected chi connectivity index (χ1v) is 6.13. The van der Waals surface area contributed by atoms with Crippen molar-refractivity contribution in [1.29, 1.82) is 0 Å². The van der Waals surface area contributed by atoms with Crippen molar-refractivity contribution < 1.29 is 14.6 Å². The maximum atomic E-state index is 12.0. The van der Waals surface area contributed by atoms with Gasteiger partial charge in [-0.3, -0.25) is 0 Å². The van der Waals surface area contributed by atoms with Crippen LogP contribution in [0.3, 0.4) is 0 Å². The van der Waals surface area contributed by atoms with Gasteiger partial charge in [-0.2, -0.15) is 0 Å². The predicted molar refractivity (Wildman–Crippen MR) is 66.8 cm³/mol. The largest absolute Gasteiger partial charge is 0.444 e. The highest BCUT2D eigenvalue weighted by Gasteiger charge is 2.34. The second kappa shape index (κ2) is 5.54. The van der Waals surface area contributed by atoms with Gasteiger partial charge in [0, 0.05) is 6.54 Å². The van der Waals surface area contributed by atoms with Crippen molar-refractivity contribution in [1.82, 2.24) is 4.90 Å². The fourth-order valence-corrected chi connectivity index (χ4v) is 2.04. The Morgan fingerprint density at radius 3 is 2.76 bits per heavy atom. The van der Waals surface area contributed by atoms with E-state index in [4.69, 9.17) is 4.74 Å². The molecule has 0 aromatic carbocycles. The monoisotopic (exact) mass is 241 g/mol. The Hall–Kier alpha value is -1.03. The molecular formula is C13H23NO3. The highest BCUT2D eigenvalue weighted by atomic mass is 16.6. The molecule has 0 aliphatic carbocycles. The van der Waals surface area contributed by atoms with Crippen LogP contribution in [0.15, 0.2) is 12.7 Å². The van der Waals surface area contributed by atoms with Crippen LogP contribution in [-0.4, -0.2) is 40.4 Å². The molecule has 0 bridgehead atoms. The number of aliphatic hydroxyl groups is 1. The highest BCUT2D eigenvalue weighted by molar-refractivity contribution is 5.68. The van der Waals surface area contributed by atoms with Gasteiger partial charge >= 0.3 is 6.09 Å². The molecule has 0 radical (unpaired) electrons. The summed E-state index contributed by atoms with van der Waals surface area (Å²) in [6.45, 7) is 9.83. The second-order valence-electron chi connectivity index (χ2n) is 5.48. The zero-order valence-corrected chi connectivity index (χ0v) is 11.0. The van der Waals surface area contributed by atoms with E-state index in [9.17, 15) is 9.90 Å². The molecule has 4 nitrogen and oxygen atoms in total. The standard InChI is InChI=1S/C13H23NO3/c1-5-7-10-11(15)8-6-9-14(10)12(16)17-13(2,3)4/h5,10-11,15H,1,6-9H2,2-4H3/t10-,11+/m0/s1. The van der Waals surface area contributed by atoms with E-state index in [1.54, 1.807) is 11.0 Å². The van der Waals surface area contributed by atoms with E-state index in [1.807, 2.05) is 20.8 Å². The van der Waals surface area contributed by atoms with Crippen molar-refractivity contribution >= 4 is 6.09 Å². The number of rotatable bonds is 2. The van der Waals surface area contributed by atoms with Crippen molar-refractivity contribution in [2.45, 2.75) is 57.8 Å². The Morgan fingerprint density at radius 1 is 1.59 bits per heavy atom. The molecule has 0 spiro atoms. The Bertz CT molecular complexity index is 283. The molecule has 4 heteroatoms. The quantitative estimate of drug-likeness (QED) is 0.755. The van der Waals surface area contributed by atoms with E-state index in [0.717, 1.165) is 12.8 Å². The summed E-state index contributed by atoms with van der Waals surface area (Å²) in [4.78, 5) is 13.6. The average molecular weight is 241 g/mol. The van der Waals surface area contributed by atoms with Crippen LogP contribution in [0, 0.1) is 0 Å². The van der Waals surface area contributed by atoms with E-state index in [-0.39, 0.29) is 12.1 Å². The zero-order valence-electron chi connectivity index (χ0n) is 11.0. The zero-order chi connectivity index (χ0) is 13.1. The SMILES string of the molecule is C=CC[C@H]1[C@H](O)CCCN1C(=O)OC(C)(C)C. The van der Waals surface area contributed by atoms with Crippen molar-refractivity contribution in [3.63, 3.8) is 0 Å². The summed E-state index contributed by atoms with van der Waals surface area (Å²) in [5, 5.41) is 9.92. The Balaban J connectivity index is 2.71.